The van der Waals surface area contributed by atoms with Gasteiger partial charge in [-0.3, -0.25) is 0 Å². The van der Waals surface area contributed by atoms with Gasteiger partial charge in [-0.1, -0.05) is 12.1 Å². The van der Waals surface area contributed by atoms with E-state index in [0.29, 0.717) is 12.8 Å². The molecular weight excluding hydrogens is 294 g/mol. The molecule has 1 saturated carbocycles. The van der Waals surface area contributed by atoms with Gasteiger partial charge in [0.1, 0.15) is 11.9 Å². The van der Waals surface area contributed by atoms with Crippen molar-refractivity contribution >= 4 is 0 Å². The summed E-state index contributed by atoms with van der Waals surface area (Å²) >= 11 is 0. The lowest BCUT2D eigenvalue weighted by Crippen LogP contribution is -2.76. The standard InChI is InChI=1S/C18H23NO4/c1-19-7-6-17-14-10-2-3-11(9-20)15(14)23-16(17)12(21)4-5-18(17,22)13(19)8-10/h2-3,12-13,16,20-22H,4-9H2,1H3/t12-,13+,16?,17-,18+/m0/s1. The van der Waals surface area contributed by atoms with Gasteiger partial charge in [-0.05, 0) is 44.8 Å². The fourth-order valence-corrected chi connectivity index (χ4v) is 5.92. The fourth-order valence-electron chi connectivity index (χ4n) is 5.92. The minimum Gasteiger partial charge on any atom is -0.486 e. The molecule has 0 radical (unpaired) electrons. The first-order valence-corrected chi connectivity index (χ1v) is 8.56. The third-order valence-corrected chi connectivity index (χ3v) is 6.97. The van der Waals surface area contributed by atoms with E-state index in [2.05, 4.69) is 18.0 Å². The molecule has 1 aromatic rings. The Kier molecular flexibility index (Phi) is 2.65. The Bertz CT molecular complexity index is 692. The number of likely N-dealkylation sites (N-methyl/N-ethyl adjacent to an activating group) is 1. The minimum absolute atomic E-state index is 0.0632. The van der Waals surface area contributed by atoms with E-state index in [1.807, 2.05) is 6.07 Å². The van der Waals surface area contributed by atoms with Crippen molar-refractivity contribution in [3.8, 4) is 5.75 Å². The van der Waals surface area contributed by atoms with Gasteiger partial charge < -0.3 is 25.0 Å². The monoisotopic (exact) mass is 317 g/mol. The molecule has 1 aromatic carbocycles. The second-order valence-corrected chi connectivity index (χ2v) is 7.74. The number of nitrogens with zero attached hydrogens (tertiary/aromatic N) is 1. The van der Waals surface area contributed by atoms with Gasteiger partial charge >= 0.3 is 0 Å². The molecule has 1 spiro atoms. The lowest BCUT2D eigenvalue weighted by molar-refractivity contribution is -0.204. The van der Waals surface area contributed by atoms with Gasteiger partial charge in [0.2, 0.25) is 0 Å². The third-order valence-electron chi connectivity index (χ3n) is 6.97. The molecule has 1 saturated heterocycles. The maximum Gasteiger partial charge on any atom is 0.137 e. The van der Waals surface area contributed by atoms with Crippen LogP contribution in [0.3, 0.4) is 0 Å². The molecule has 1 unspecified atom stereocenters. The zero-order valence-electron chi connectivity index (χ0n) is 13.3. The predicted octanol–water partition coefficient (Wildman–Crippen LogP) is 0.324. The van der Waals surface area contributed by atoms with Gasteiger partial charge in [0.25, 0.3) is 0 Å². The van der Waals surface area contributed by atoms with Crippen molar-refractivity contribution in [3.63, 3.8) is 0 Å². The third kappa shape index (κ3) is 1.40. The van der Waals surface area contributed by atoms with Gasteiger partial charge in [0.15, 0.2) is 0 Å². The van der Waals surface area contributed by atoms with E-state index in [-0.39, 0.29) is 12.6 Å². The predicted molar refractivity (Wildman–Crippen MR) is 83.4 cm³/mol. The number of rotatable bonds is 1. The first kappa shape index (κ1) is 14.2. The average Bonchev–Trinajstić information content (AvgIpc) is 2.90. The molecule has 2 aliphatic carbocycles. The highest BCUT2D eigenvalue weighted by atomic mass is 16.5. The first-order valence-electron chi connectivity index (χ1n) is 8.56. The van der Waals surface area contributed by atoms with E-state index in [9.17, 15) is 15.3 Å². The molecule has 5 heteroatoms. The van der Waals surface area contributed by atoms with Crippen LogP contribution in [0.15, 0.2) is 12.1 Å². The Morgan fingerprint density at radius 1 is 1.35 bits per heavy atom. The molecule has 4 aliphatic rings. The normalized spacial score (nSPS) is 43.9. The van der Waals surface area contributed by atoms with Crippen LogP contribution in [-0.2, 0) is 18.4 Å². The van der Waals surface area contributed by atoms with Crippen molar-refractivity contribution in [2.75, 3.05) is 13.6 Å². The Morgan fingerprint density at radius 2 is 2.17 bits per heavy atom. The maximum atomic E-state index is 11.8. The van der Waals surface area contributed by atoms with E-state index in [1.165, 1.54) is 5.56 Å². The van der Waals surface area contributed by atoms with Crippen LogP contribution in [0.25, 0.3) is 0 Å². The van der Waals surface area contributed by atoms with Crippen LogP contribution >= 0.6 is 0 Å². The van der Waals surface area contributed by atoms with Gasteiger partial charge in [-0.2, -0.15) is 0 Å². The van der Waals surface area contributed by atoms with E-state index >= 15 is 0 Å². The van der Waals surface area contributed by atoms with Crippen molar-refractivity contribution in [3.05, 3.63) is 28.8 Å². The summed E-state index contributed by atoms with van der Waals surface area (Å²) in [6.45, 7) is 0.811. The van der Waals surface area contributed by atoms with Crippen LogP contribution in [0.1, 0.15) is 36.0 Å². The molecule has 2 bridgehead atoms. The van der Waals surface area contributed by atoms with Crippen molar-refractivity contribution < 1.29 is 20.1 Å². The van der Waals surface area contributed by atoms with Crippen LogP contribution in [0.2, 0.25) is 0 Å². The second-order valence-electron chi connectivity index (χ2n) is 7.74. The number of hydrogen-bond acceptors (Lipinski definition) is 5. The molecule has 23 heavy (non-hydrogen) atoms. The van der Waals surface area contributed by atoms with Crippen LogP contribution in [0, 0.1) is 0 Å². The van der Waals surface area contributed by atoms with Gasteiger partial charge in [0, 0.05) is 17.2 Å². The zero-order valence-corrected chi connectivity index (χ0v) is 13.3. The van der Waals surface area contributed by atoms with Gasteiger partial charge in [0.05, 0.1) is 23.7 Å². The topological polar surface area (TPSA) is 73.2 Å². The number of likely N-dealkylation sites (tertiary alicyclic amines) is 1. The Balaban J connectivity index is 1.84. The summed E-state index contributed by atoms with van der Waals surface area (Å²) in [6.07, 6.45) is 1.78. The summed E-state index contributed by atoms with van der Waals surface area (Å²) in [5.74, 6) is 0.720. The lowest BCUT2D eigenvalue weighted by Gasteiger charge is -2.63. The SMILES string of the molecule is CN1CC[C@]23c4c5ccc(CO)c4OC2[C@@H](O)CC[C@@]3(O)[C@H]1C5. The summed E-state index contributed by atoms with van der Waals surface area (Å²) in [5.41, 5.74) is 1.64. The molecule has 2 fully saturated rings. The Morgan fingerprint density at radius 3 is 2.96 bits per heavy atom. The van der Waals surface area contributed by atoms with Gasteiger partial charge in [-0.15, -0.1) is 0 Å². The smallest absolute Gasteiger partial charge is 0.137 e. The van der Waals surface area contributed by atoms with Crippen LogP contribution in [0.5, 0.6) is 5.75 Å². The van der Waals surface area contributed by atoms with Crippen molar-refractivity contribution in [2.24, 2.45) is 0 Å². The number of benzene rings is 1. The molecule has 3 N–H and O–H groups in total. The van der Waals surface area contributed by atoms with E-state index < -0.39 is 23.2 Å². The number of aliphatic hydroxyl groups is 3. The van der Waals surface area contributed by atoms with Gasteiger partial charge in [-0.25, -0.2) is 0 Å². The summed E-state index contributed by atoms with van der Waals surface area (Å²) in [5, 5.41) is 32.1. The molecule has 2 heterocycles. The first-order chi connectivity index (χ1) is 11.0. The van der Waals surface area contributed by atoms with Crippen LogP contribution in [0.4, 0.5) is 0 Å². The highest BCUT2D eigenvalue weighted by molar-refractivity contribution is 5.60. The zero-order chi connectivity index (χ0) is 16.0. The summed E-state index contributed by atoms with van der Waals surface area (Å²) < 4.78 is 6.22. The highest BCUT2D eigenvalue weighted by Gasteiger charge is 2.72. The molecule has 124 valence electrons. The molecule has 2 aliphatic heterocycles. The quantitative estimate of drug-likeness (QED) is 0.696. The number of ether oxygens (including phenoxy) is 1. The Hall–Kier alpha value is -1.14. The van der Waals surface area contributed by atoms with Crippen molar-refractivity contribution in [1.82, 2.24) is 4.90 Å². The summed E-state index contributed by atoms with van der Waals surface area (Å²) in [4.78, 5) is 2.26. The van der Waals surface area contributed by atoms with E-state index in [1.54, 1.807) is 0 Å². The lowest BCUT2D eigenvalue weighted by atomic mass is 9.48. The van der Waals surface area contributed by atoms with Crippen LogP contribution in [-0.4, -0.2) is 57.7 Å². The van der Waals surface area contributed by atoms with Crippen molar-refractivity contribution in [1.29, 1.82) is 0 Å². The average molecular weight is 317 g/mol. The molecular formula is C18H23NO4. The summed E-state index contributed by atoms with van der Waals surface area (Å²) in [6, 6.07) is 4.06. The van der Waals surface area contributed by atoms with E-state index in [4.69, 9.17) is 4.74 Å². The maximum absolute atomic E-state index is 11.8. The van der Waals surface area contributed by atoms with E-state index in [0.717, 1.165) is 36.3 Å². The number of aliphatic hydroxyl groups excluding tert-OH is 2. The van der Waals surface area contributed by atoms with Crippen molar-refractivity contribution in [2.45, 2.75) is 61.6 Å². The minimum atomic E-state index is -0.865. The molecule has 0 aromatic heterocycles. The summed E-state index contributed by atoms with van der Waals surface area (Å²) in [7, 11) is 2.08. The number of piperidine rings is 1. The molecule has 0 amide bonds. The highest BCUT2D eigenvalue weighted by Crippen LogP contribution is 2.64. The second kappa shape index (κ2) is 4.28. The molecule has 5 rings (SSSR count). The largest absolute Gasteiger partial charge is 0.486 e. The fraction of sp³-hybridized carbons (Fsp3) is 0.667. The van der Waals surface area contributed by atoms with Crippen LogP contribution < -0.4 is 4.74 Å². The number of hydrogen-bond donors (Lipinski definition) is 3. The molecule has 5 nitrogen and oxygen atoms in total. The molecule has 5 atom stereocenters. The Labute approximate surface area is 135 Å².